The summed E-state index contributed by atoms with van der Waals surface area (Å²) in [7, 11) is 0. The maximum absolute atomic E-state index is 5.65. The summed E-state index contributed by atoms with van der Waals surface area (Å²) in [5.74, 6) is 2.61. The van der Waals surface area contributed by atoms with Crippen LogP contribution in [0, 0.1) is 5.92 Å². The number of rotatable bonds is 7. The molecule has 0 aromatic rings. The molecule has 0 aromatic carbocycles. The van der Waals surface area contributed by atoms with Crippen molar-refractivity contribution in [3.8, 4) is 0 Å². The van der Waals surface area contributed by atoms with Gasteiger partial charge in [-0.25, -0.2) is 0 Å². The minimum atomic E-state index is 0.603. The summed E-state index contributed by atoms with van der Waals surface area (Å²) >= 11 is 7.55. The number of hydrogen-bond acceptors (Lipinski definition) is 2. The minimum absolute atomic E-state index is 0.603. The average Bonchev–Trinajstić information content (AvgIpc) is 2.04. The van der Waals surface area contributed by atoms with Gasteiger partial charge in [0.25, 0.3) is 0 Å². The Kier molecular flexibility index (Phi) is 9.17. The van der Waals surface area contributed by atoms with Crippen molar-refractivity contribution >= 4 is 23.4 Å². The third-order valence-corrected chi connectivity index (χ3v) is 2.68. The molecule has 0 fully saturated rings. The first-order valence-electron chi connectivity index (χ1n) is 4.07. The molecule has 11 heavy (non-hydrogen) atoms. The molecule has 0 heterocycles. The van der Waals surface area contributed by atoms with E-state index in [4.69, 9.17) is 11.6 Å². The van der Waals surface area contributed by atoms with Gasteiger partial charge in [0.2, 0.25) is 0 Å². The number of thioether (sulfide) groups is 1. The molecule has 1 unspecified atom stereocenters. The van der Waals surface area contributed by atoms with Crippen LogP contribution >= 0.6 is 23.4 Å². The van der Waals surface area contributed by atoms with Gasteiger partial charge in [-0.2, -0.15) is 11.8 Å². The first-order chi connectivity index (χ1) is 5.31. The molecule has 0 rings (SSSR count). The standard InChI is InChI=1S/C8H18ClNS/c1-8(6-9)7-10-4-3-5-11-2/h8,10H,3-7H2,1-2H3. The predicted octanol–water partition coefficient (Wildman–Crippen LogP) is 2.20. The molecule has 0 aliphatic carbocycles. The molecule has 3 heteroatoms. The molecular formula is C8H18ClNS. The average molecular weight is 196 g/mol. The smallest absolute Gasteiger partial charge is 0.0261 e. The fourth-order valence-corrected chi connectivity index (χ4v) is 1.29. The number of halogens is 1. The Morgan fingerprint density at radius 3 is 2.82 bits per heavy atom. The maximum Gasteiger partial charge on any atom is 0.0261 e. The highest BCUT2D eigenvalue weighted by Crippen LogP contribution is 1.96. The summed E-state index contributed by atoms with van der Waals surface area (Å²) in [5, 5.41) is 3.37. The number of nitrogens with one attached hydrogen (secondary N) is 1. The van der Waals surface area contributed by atoms with Crippen molar-refractivity contribution in [2.75, 3.05) is 31.0 Å². The monoisotopic (exact) mass is 195 g/mol. The molecule has 68 valence electrons. The van der Waals surface area contributed by atoms with E-state index in [1.165, 1.54) is 12.2 Å². The third kappa shape index (κ3) is 8.51. The van der Waals surface area contributed by atoms with Gasteiger partial charge in [-0.05, 0) is 37.4 Å². The second-order valence-electron chi connectivity index (χ2n) is 2.81. The van der Waals surface area contributed by atoms with E-state index in [1.807, 2.05) is 11.8 Å². The normalized spacial score (nSPS) is 13.4. The van der Waals surface area contributed by atoms with Gasteiger partial charge in [-0.3, -0.25) is 0 Å². The van der Waals surface area contributed by atoms with Crippen LogP contribution in [0.1, 0.15) is 13.3 Å². The van der Waals surface area contributed by atoms with E-state index in [1.54, 1.807) is 0 Å². The molecule has 0 spiro atoms. The minimum Gasteiger partial charge on any atom is -0.316 e. The van der Waals surface area contributed by atoms with Crippen LogP contribution in [-0.4, -0.2) is 31.0 Å². The van der Waals surface area contributed by atoms with E-state index in [2.05, 4.69) is 18.5 Å². The molecule has 0 saturated heterocycles. The van der Waals surface area contributed by atoms with Crippen LogP contribution in [0.3, 0.4) is 0 Å². The summed E-state index contributed by atoms with van der Waals surface area (Å²) in [6, 6.07) is 0. The van der Waals surface area contributed by atoms with Crippen LogP contribution in [0.5, 0.6) is 0 Å². The van der Waals surface area contributed by atoms with Crippen molar-refractivity contribution in [2.24, 2.45) is 5.92 Å². The number of hydrogen-bond donors (Lipinski definition) is 1. The molecular weight excluding hydrogens is 178 g/mol. The van der Waals surface area contributed by atoms with Crippen molar-refractivity contribution in [3.63, 3.8) is 0 Å². The van der Waals surface area contributed by atoms with E-state index in [9.17, 15) is 0 Å². The highest BCUT2D eigenvalue weighted by molar-refractivity contribution is 7.98. The van der Waals surface area contributed by atoms with Gasteiger partial charge in [0.05, 0.1) is 0 Å². The van der Waals surface area contributed by atoms with Crippen molar-refractivity contribution in [3.05, 3.63) is 0 Å². The summed E-state index contributed by atoms with van der Waals surface area (Å²) in [4.78, 5) is 0. The van der Waals surface area contributed by atoms with Crippen LogP contribution in [0.15, 0.2) is 0 Å². The van der Waals surface area contributed by atoms with Gasteiger partial charge >= 0.3 is 0 Å². The van der Waals surface area contributed by atoms with Crippen molar-refractivity contribution in [1.29, 1.82) is 0 Å². The Morgan fingerprint density at radius 1 is 1.55 bits per heavy atom. The lowest BCUT2D eigenvalue weighted by atomic mass is 10.2. The van der Waals surface area contributed by atoms with E-state index in [0.717, 1.165) is 19.0 Å². The van der Waals surface area contributed by atoms with Crippen molar-refractivity contribution in [1.82, 2.24) is 5.32 Å². The lowest BCUT2D eigenvalue weighted by Crippen LogP contribution is -2.23. The first kappa shape index (κ1) is 11.6. The Labute approximate surface area is 79.3 Å². The van der Waals surface area contributed by atoms with E-state index >= 15 is 0 Å². The zero-order valence-electron chi connectivity index (χ0n) is 7.40. The Morgan fingerprint density at radius 2 is 2.27 bits per heavy atom. The Hall–Kier alpha value is 0.600. The van der Waals surface area contributed by atoms with Gasteiger partial charge in [-0.15, -0.1) is 11.6 Å². The highest BCUT2D eigenvalue weighted by Gasteiger charge is 1.97. The largest absolute Gasteiger partial charge is 0.316 e. The molecule has 0 aromatic heterocycles. The maximum atomic E-state index is 5.65. The molecule has 1 N–H and O–H groups in total. The topological polar surface area (TPSA) is 12.0 Å². The fourth-order valence-electron chi connectivity index (χ4n) is 0.745. The van der Waals surface area contributed by atoms with Gasteiger partial charge in [0.1, 0.15) is 0 Å². The number of alkyl halides is 1. The van der Waals surface area contributed by atoms with E-state index in [0.29, 0.717) is 5.92 Å². The molecule has 1 atom stereocenters. The van der Waals surface area contributed by atoms with Crippen LogP contribution in [0.25, 0.3) is 0 Å². The molecule has 0 aliphatic rings. The van der Waals surface area contributed by atoms with Crippen molar-refractivity contribution in [2.45, 2.75) is 13.3 Å². The van der Waals surface area contributed by atoms with Gasteiger partial charge in [0, 0.05) is 5.88 Å². The van der Waals surface area contributed by atoms with Crippen LogP contribution in [0.2, 0.25) is 0 Å². The van der Waals surface area contributed by atoms with Gasteiger partial charge < -0.3 is 5.32 Å². The molecule has 1 nitrogen and oxygen atoms in total. The first-order valence-corrected chi connectivity index (χ1v) is 5.99. The van der Waals surface area contributed by atoms with E-state index in [-0.39, 0.29) is 0 Å². The lowest BCUT2D eigenvalue weighted by molar-refractivity contribution is 0.556. The molecule has 0 aliphatic heterocycles. The zero-order valence-corrected chi connectivity index (χ0v) is 8.97. The molecule has 0 radical (unpaired) electrons. The highest BCUT2D eigenvalue weighted by atomic mass is 35.5. The second kappa shape index (κ2) is 8.69. The quantitative estimate of drug-likeness (QED) is 0.494. The summed E-state index contributed by atoms with van der Waals surface area (Å²) in [6.07, 6.45) is 3.40. The molecule has 0 amide bonds. The Balaban J connectivity index is 2.89. The lowest BCUT2D eigenvalue weighted by Gasteiger charge is -2.08. The molecule has 0 bridgehead atoms. The van der Waals surface area contributed by atoms with Crippen LogP contribution in [0.4, 0.5) is 0 Å². The van der Waals surface area contributed by atoms with Gasteiger partial charge in [0.15, 0.2) is 0 Å². The van der Waals surface area contributed by atoms with Crippen molar-refractivity contribution < 1.29 is 0 Å². The SMILES string of the molecule is CSCCCNCC(C)CCl. The third-order valence-electron chi connectivity index (χ3n) is 1.46. The molecule has 0 saturated carbocycles. The summed E-state index contributed by atoms with van der Waals surface area (Å²) in [6.45, 7) is 4.34. The predicted molar refractivity (Wildman–Crippen MR) is 55.8 cm³/mol. The summed E-state index contributed by atoms with van der Waals surface area (Å²) in [5.41, 5.74) is 0. The van der Waals surface area contributed by atoms with Crippen LogP contribution in [-0.2, 0) is 0 Å². The van der Waals surface area contributed by atoms with Gasteiger partial charge in [-0.1, -0.05) is 6.92 Å². The fraction of sp³-hybridized carbons (Fsp3) is 1.00. The zero-order chi connectivity index (χ0) is 8.53. The van der Waals surface area contributed by atoms with Crippen LogP contribution < -0.4 is 5.32 Å². The Bertz CT molecular complexity index is 80.5. The summed E-state index contributed by atoms with van der Waals surface area (Å²) < 4.78 is 0. The van der Waals surface area contributed by atoms with E-state index < -0.39 is 0 Å². The second-order valence-corrected chi connectivity index (χ2v) is 4.10.